The molecule has 0 radical (unpaired) electrons. The van der Waals surface area contributed by atoms with Gasteiger partial charge in [-0.25, -0.2) is 9.78 Å². The van der Waals surface area contributed by atoms with Crippen molar-refractivity contribution >= 4 is 17.5 Å². The molecule has 0 aliphatic heterocycles. The van der Waals surface area contributed by atoms with Crippen LogP contribution >= 0.6 is 0 Å². The van der Waals surface area contributed by atoms with Crippen molar-refractivity contribution in [1.82, 2.24) is 9.97 Å². The van der Waals surface area contributed by atoms with Crippen LogP contribution in [-0.4, -0.2) is 41.6 Å². The zero-order chi connectivity index (χ0) is 19.1. The van der Waals surface area contributed by atoms with Gasteiger partial charge in [-0.15, -0.1) is 0 Å². The van der Waals surface area contributed by atoms with Crippen molar-refractivity contribution in [3.63, 3.8) is 0 Å². The lowest BCUT2D eigenvalue weighted by Gasteiger charge is -2.18. The molecule has 0 fully saturated rings. The monoisotopic (exact) mass is 360 g/mol. The number of unbranched alkanes of at least 4 members (excludes halogenated alkanes) is 1. The third-order valence-corrected chi connectivity index (χ3v) is 3.65. The fourth-order valence-electron chi connectivity index (χ4n) is 2.26. The molecule has 0 spiro atoms. The number of anilines is 1. The highest BCUT2D eigenvalue weighted by Gasteiger charge is 2.27. The second-order valence-electron chi connectivity index (χ2n) is 5.50. The summed E-state index contributed by atoms with van der Waals surface area (Å²) in [4.78, 5) is 32.1. The molecule has 9 nitrogen and oxygen atoms in total. The number of methoxy groups -OCH3 is 1. The molecule has 9 heteroatoms. The van der Waals surface area contributed by atoms with E-state index in [0.29, 0.717) is 17.9 Å². The van der Waals surface area contributed by atoms with Crippen molar-refractivity contribution in [3.05, 3.63) is 46.3 Å². The highest BCUT2D eigenvalue weighted by Crippen LogP contribution is 2.35. The van der Waals surface area contributed by atoms with E-state index in [0.717, 1.165) is 12.8 Å². The molecule has 0 amide bonds. The number of ether oxygens (including phenoxy) is 2. The number of carbonyl (C=O) groups is 1. The number of benzene rings is 1. The minimum absolute atomic E-state index is 0.158. The summed E-state index contributed by atoms with van der Waals surface area (Å²) in [6, 6.07) is 6.03. The molecule has 0 aliphatic carbocycles. The van der Waals surface area contributed by atoms with Gasteiger partial charge in [-0.2, -0.15) is 4.98 Å². The SMILES string of the molecule is CCCCN(C)c1ncnc(Oc2ccc(C(=O)OC)cc2)c1[N+](=O)[O-]. The predicted octanol–water partition coefficient (Wildman–Crippen LogP) is 3.20. The van der Waals surface area contributed by atoms with Crippen LogP contribution in [0.15, 0.2) is 30.6 Å². The first-order chi connectivity index (χ1) is 12.5. The van der Waals surface area contributed by atoms with Crippen LogP contribution in [0.1, 0.15) is 30.1 Å². The lowest BCUT2D eigenvalue weighted by molar-refractivity contribution is -0.385. The van der Waals surface area contributed by atoms with Crippen LogP contribution in [0.25, 0.3) is 0 Å². The van der Waals surface area contributed by atoms with Gasteiger partial charge in [0.25, 0.3) is 0 Å². The molecule has 0 unspecified atom stereocenters. The smallest absolute Gasteiger partial charge is 0.373 e. The number of carbonyl (C=O) groups excluding carboxylic acids is 1. The lowest BCUT2D eigenvalue weighted by atomic mass is 10.2. The molecule has 2 rings (SSSR count). The maximum atomic E-state index is 11.6. The van der Waals surface area contributed by atoms with Gasteiger partial charge >= 0.3 is 17.5 Å². The Labute approximate surface area is 150 Å². The van der Waals surface area contributed by atoms with Gasteiger partial charge in [-0.05, 0) is 30.7 Å². The van der Waals surface area contributed by atoms with Crippen molar-refractivity contribution in [1.29, 1.82) is 0 Å². The average molecular weight is 360 g/mol. The summed E-state index contributed by atoms with van der Waals surface area (Å²) in [6.45, 7) is 2.66. The summed E-state index contributed by atoms with van der Waals surface area (Å²) in [7, 11) is 3.02. The van der Waals surface area contributed by atoms with Gasteiger partial charge in [0.15, 0.2) is 0 Å². The van der Waals surface area contributed by atoms with Gasteiger partial charge in [0.05, 0.1) is 17.6 Å². The Morgan fingerprint density at radius 1 is 1.27 bits per heavy atom. The Bertz CT molecular complexity index is 779. The van der Waals surface area contributed by atoms with Gasteiger partial charge in [-0.3, -0.25) is 10.1 Å². The molecular formula is C17H20N4O5. The van der Waals surface area contributed by atoms with E-state index >= 15 is 0 Å². The van der Waals surface area contributed by atoms with Crippen LogP contribution in [-0.2, 0) is 4.74 Å². The standard InChI is InChI=1S/C17H20N4O5/c1-4-5-10-20(2)15-14(21(23)24)16(19-11-18-15)26-13-8-6-12(7-9-13)17(22)25-3/h6-9,11H,4-5,10H2,1-3H3. The van der Waals surface area contributed by atoms with E-state index in [4.69, 9.17) is 4.74 Å². The van der Waals surface area contributed by atoms with Gasteiger partial charge in [0.1, 0.15) is 12.1 Å². The molecule has 1 aromatic carbocycles. The molecule has 0 aliphatic rings. The number of rotatable bonds is 8. The number of aromatic nitrogens is 2. The Balaban J connectivity index is 2.31. The number of esters is 1. The Morgan fingerprint density at radius 2 is 1.96 bits per heavy atom. The van der Waals surface area contributed by atoms with E-state index in [-0.39, 0.29) is 17.4 Å². The topological polar surface area (TPSA) is 108 Å². The minimum atomic E-state index is -0.560. The average Bonchev–Trinajstić information content (AvgIpc) is 2.65. The van der Waals surface area contributed by atoms with Crippen LogP contribution in [0, 0.1) is 10.1 Å². The molecule has 0 N–H and O–H groups in total. The van der Waals surface area contributed by atoms with Crippen LogP contribution < -0.4 is 9.64 Å². The van der Waals surface area contributed by atoms with E-state index < -0.39 is 10.9 Å². The molecule has 0 saturated heterocycles. The zero-order valence-electron chi connectivity index (χ0n) is 14.8. The molecule has 2 aromatic rings. The summed E-state index contributed by atoms with van der Waals surface area (Å²) < 4.78 is 10.2. The summed E-state index contributed by atoms with van der Waals surface area (Å²) >= 11 is 0. The minimum Gasteiger partial charge on any atom is -0.465 e. The molecule has 0 atom stereocenters. The molecule has 0 saturated carbocycles. The molecule has 138 valence electrons. The lowest BCUT2D eigenvalue weighted by Crippen LogP contribution is -2.21. The highest BCUT2D eigenvalue weighted by molar-refractivity contribution is 5.89. The normalized spacial score (nSPS) is 10.3. The number of nitrogens with zero attached hydrogens (tertiary/aromatic N) is 4. The van der Waals surface area contributed by atoms with Crippen molar-refractivity contribution in [2.24, 2.45) is 0 Å². The predicted molar refractivity (Wildman–Crippen MR) is 94.7 cm³/mol. The van der Waals surface area contributed by atoms with E-state index in [1.165, 1.54) is 37.7 Å². The van der Waals surface area contributed by atoms with Crippen LogP contribution in [0.3, 0.4) is 0 Å². The Hall–Kier alpha value is -3.23. The molecule has 0 bridgehead atoms. The van der Waals surface area contributed by atoms with Crippen molar-refractivity contribution in [2.45, 2.75) is 19.8 Å². The van der Waals surface area contributed by atoms with Gasteiger partial charge in [-0.1, -0.05) is 13.3 Å². The largest absolute Gasteiger partial charge is 0.465 e. The summed E-state index contributed by atoms with van der Waals surface area (Å²) in [5, 5.41) is 11.6. The zero-order valence-corrected chi connectivity index (χ0v) is 14.8. The van der Waals surface area contributed by atoms with Gasteiger partial charge < -0.3 is 14.4 Å². The fraction of sp³-hybridized carbons (Fsp3) is 0.353. The van der Waals surface area contributed by atoms with Crippen molar-refractivity contribution in [3.8, 4) is 11.6 Å². The van der Waals surface area contributed by atoms with E-state index in [9.17, 15) is 14.9 Å². The number of nitro groups is 1. The number of hydrogen-bond donors (Lipinski definition) is 0. The number of hydrogen-bond acceptors (Lipinski definition) is 8. The van der Waals surface area contributed by atoms with Crippen LogP contribution in [0.2, 0.25) is 0 Å². The first-order valence-electron chi connectivity index (χ1n) is 8.04. The third kappa shape index (κ3) is 4.44. The van der Waals surface area contributed by atoms with Crippen LogP contribution in [0.5, 0.6) is 11.6 Å². The Morgan fingerprint density at radius 3 is 2.54 bits per heavy atom. The first kappa shape index (κ1) is 19.1. The molecule has 26 heavy (non-hydrogen) atoms. The van der Waals surface area contributed by atoms with Gasteiger partial charge in [0, 0.05) is 13.6 Å². The molecular weight excluding hydrogens is 340 g/mol. The third-order valence-electron chi connectivity index (χ3n) is 3.65. The van der Waals surface area contributed by atoms with Crippen LogP contribution in [0.4, 0.5) is 11.5 Å². The molecule has 1 heterocycles. The highest BCUT2D eigenvalue weighted by atomic mass is 16.6. The first-order valence-corrected chi connectivity index (χ1v) is 8.04. The summed E-state index contributed by atoms with van der Waals surface area (Å²) in [5.41, 5.74) is 0.0418. The maximum absolute atomic E-state index is 11.6. The van der Waals surface area contributed by atoms with E-state index in [1.807, 2.05) is 6.92 Å². The maximum Gasteiger partial charge on any atom is 0.373 e. The summed E-state index contributed by atoms with van der Waals surface area (Å²) in [6.07, 6.45) is 3.06. The second-order valence-corrected chi connectivity index (χ2v) is 5.50. The van der Waals surface area contributed by atoms with Crippen molar-refractivity contribution < 1.29 is 19.2 Å². The quantitative estimate of drug-likeness (QED) is 0.401. The fourth-order valence-corrected chi connectivity index (χ4v) is 2.26. The molecule has 1 aromatic heterocycles. The van der Waals surface area contributed by atoms with Gasteiger partial charge in [0.2, 0.25) is 5.82 Å². The van der Waals surface area contributed by atoms with E-state index in [2.05, 4.69) is 14.7 Å². The Kier molecular flexibility index (Phi) is 6.42. The van der Waals surface area contributed by atoms with E-state index in [1.54, 1.807) is 11.9 Å². The van der Waals surface area contributed by atoms with Crippen molar-refractivity contribution in [2.75, 3.05) is 25.6 Å². The summed E-state index contributed by atoms with van der Waals surface area (Å²) in [5.74, 6) is -0.139. The second kappa shape index (κ2) is 8.75.